The van der Waals surface area contributed by atoms with Crippen LogP contribution in [-0.4, -0.2) is 42.8 Å². The SMILES string of the molecule is C[C@H]([C@@H](C)C1/C=C(/OS(=O)(=O)C(F)(F)F)CCCCCC1)S(=O)(=O)N(PC1CC1)PC1CC1. The summed E-state index contributed by atoms with van der Waals surface area (Å²) in [4.78, 5) is 0. The zero-order chi connectivity index (χ0) is 24.4. The van der Waals surface area contributed by atoms with E-state index < -0.39 is 36.8 Å². The fourth-order valence-electron chi connectivity index (χ4n) is 3.84. The van der Waals surface area contributed by atoms with Gasteiger partial charge in [-0.05, 0) is 92.1 Å². The molecule has 0 bridgehead atoms. The lowest BCUT2D eigenvalue weighted by Gasteiger charge is -2.32. The largest absolute Gasteiger partial charge is 0.534 e. The van der Waals surface area contributed by atoms with Crippen LogP contribution in [0.4, 0.5) is 13.2 Å². The molecular weight excluding hydrogens is 517 g/mol. The predicted molar refractivity (Wildman–Crippen MR) is 127 cm³/mol. The molecule has 0 heterocycles. The third-order valence-corrected chi connectivity index (χ3v) is 14.7. The molecule has 0 N–H and O–H groups in total. The van der Waals surface area contributed by atoms with E-state index in [0.29, 0.717) is 24.2 Å². The van der Waals surface area contributed by atoms with Crippen molar-refractivity contribution in [1.29, 1.82) is 0 Å². The van der Waals surface area contributed by atoms with Crippen molar-refractivity contribution in [3.8, 4) is 0 Å². The van der Waals surface area contributed by atoms with Crippen LogP contribution in [0.1, 0.15) is 78.1 Å². The molecule has 0 aromatic heterocycles. The van der Waals surface area contributed by atoms with Gasteiger partial charge in [0.25, 0.3) is 0 Å². The van der Waals surface area contributed by atoms with E-state index in [1.165, 1.54) is 6.08 Å². The van der Waals surface area contributed by atoms with E-state index in [9.17, 15) is 30.0 Å². The quantitative estimate of drug-likeness (QED) is 0.193. The Morgan fingerprint density at radius 3 is 2.00 bits per heavy atom. The minimum absolute atomic E-state index is 0.0813. The van der Waals surface area contributed by atoms with Gasteiger partial charge >= 0.3 is 15.6 Å². The Hall–Kier alpha value is 0.0500. The van der Waals surface area contributed by atoms with Crippen molar-refractivity contribution in [3.05, 3.63) is 11.8 Å². The van der Waals surface area contributed by atoms with Crippen molar-refractivity contribution >= 4 is 37.6 Å². The molecule has 3 aliphatic rings. The fourth-order valence-corrected chi connectivity index (χ4v) is 11.4. The van der Waals surface area contributed by atoms with Gasteiger partial charge in [0.05, 0.1) is 5.25 Å². The lowest BCUT2D eigenvalue weighted by molar-refractivity contribution is -0.0524. The first-order valence-electron chi connectivity index (χ1n) is 11.6. The smallest absolute Gasteiger partial charge is 0.381 e. The number of rotatable bonds is 10. The summed E-state index contributed by atoms with van der Waals surface area (Å²) in [5.74, 6) is -1.01. The molecule has 13 heteroatoms. The van der Waals surface area contributed by atoms with Crippen molar-refractivity contribution in [2.45, 2.75) is 100 Å². The number of nitrogens with zero attached hydrogens (tertiary/aromatic N) is 1. The standard InChI is InChI=1S/C20H34F3NO5P2S2/c1-14(15(2)32(25,26)24(30-18-9-10-18)31-19-11-12-19)16-7-5-3-4-6-8-17(13-16)29-33(27,28)20(21,22)23/h13-16,18-19,30-31H,3-12H2,1-2H3/b17-13+/t14-,15-,16?/m1/s1. The number of hydrogen-bond acceptors (Lipinski definition) is 5. The van der Waals surface area contributed by atoms with Gasteiger partial charge in [-0.2, -0.15) is 25.4 Å². The maximum atomic E-state index is 13.5. The summed E-state index contributed by atoms with van der Waals surface area (Å²) >= 11 is 0. The highest BCUT2D eigenvalue weighted by Gasteiger charge is 2.49. The molecule has 2 fully saturated rings. The van der Waals surface area contributed by atoms with E-state index in [2.05, 4.69) is 4.18 Å². The summed E-state index contributed by atoms with van der Waals surface area (Å²) in [7, 11) is -8.81. The van der Waals surface area contributed by atoms with Gasteiger partial charge in [-0.15, -0.1) is 0 Å². The maximum Gasteiger partial charge on any atom is 0.534 e. The van der Waals surface area contributed by atoms with Crippen LogP contribution >= 0.6 is 17.5 Å². The normalized spacial score (nSPS) is 27.8. The Morgan fingerprint density at radius 1 is 0.939 bits per heavy atom. The van der Waals surface area contributed by atoms with Crippen molar-refractivity contribution in [1.82, 2.24) is 3.85 Å². The Morgan fingerprint density at radius 2 is 1.48 bits per heavy atom. The second-order valence-electron chi connectivity index (χ2n) is 9.41. The average Bonchev–Trinajstić information content (AvgIpc) is 3.63. The molecule has 3 unspecified atom stereocenters. The number of hydrogen-bond donors (Lipinski definition) is 0. The van der Waals surface area contributed by atoms with Gasteiger partial charge in [0.15, 0.2) is 0 Å². The van der Waals surface area contributed by atoms with Crippen LogP contribution in [0.25, 0.3) is 0 Å². The van der Waals surface area contributed by atoms with Gasteiger partial charge < -0.3 is 4.18 Å². The highest BCUT2D eigenvalue weighted by Crippen LogP contribution is 2.54. The third kappa shape index (κ3) is 7.77. The number of alkyl halides is 3. The van der Waals surface area contributed by atoms with Crippen LogP contribution in [0.3, 0.4) is 0 Å². The summed E-state index contributed by atoms with van der Waals surface area (Å²) in [5, 5.41) is -0.725. The second kappa shape index (κ2) is 11.0. The van der Waals surface area contributed by atoms with E-state index in [1.807, 2.05) is 0 Å². The minimum atomic E-state index is -5.75. The van der Waals surface area contributed by atoms with E-state index in [1.54, 1.807) is 17.7 Å². The van der Waals surface area contributed by atoms with Crippen LogP contribution in [0.5, 0.6) is 0 Å². The fraction of sp³-hybridized carbons (Fsp3) is 0.900. The second-order valence-corrected chi connectivity index (χ2v) is 17.2. The topological polar surface area (TPSA) is 80.8 Å². The zero-order valence-electron chi connectivity index (χ0n) is 19.0. The van der Waals surface area contributed by atoms with Gasteiger partial charge in [0, 0.05) is 6.42 Å². The number of halogens is 3. The van der Waals surface area contributed by atoms with Crippen LogP contribution in [0.2, 0.25) is 0 Å². The molecule has 3 aliphatic carbocycles. The molecule has 0 saturated heterocycles. The van der Waals surface area contributed by atoms with Gasteiger partial charge in [0.1, 0.15) is 5.76 Å². The molecule has 0 aromatic carbocycles. The van der Waals surface area contributed by atoms with Crippen molar-refractivity contribution in [3.63, 3.8) is 0 Å². The summed E-state index contributed by atoms with van der Waals surface area (Å²) in [6.45, 7) is 3.48. The van der Waals surface area contributed by atoms with Gasteiger partial charge in [-0.1, -0.05) is 26.2 Å². The van der Waals surface area contributed by atoms with E-state index in [0.717, 1.165) is 44.9 Å². The Balaban J connectivity index is 1.80. The van der Waals surface area contributed by atoms with Gasteiger partial charge in [-0.25, -0.2) is 8.42 Å². The molecule has 0 aromatic rings. The van der Waals surface area contributed by atoms with Crippen LogP contribution in [-0.2, 0) is 24.3 Å². The lowest BCUT2D eigenvalue weighted by Crippen LogP contribution is -2.35. The van der Waals surface area contributed by atoms with Crippen molar-refractivity contribution in [2.24, 2.45) is 11.8 Å². The summed E-state index contributed by atoms with van der Waals surface area (Å²) in [5.41, 5.74) is -4.60. The van der Waals surface area contributed by atoms with E-state index >= 15 is 0 Å². The third-order valence-electron chi connectivity index (χ3n) is 6.51. The highest BCUT2D eigenvalue weighted by molar-refractivity contribution is 7.98. The van der Waals surface area contributed by atoms with Crippen molar-refractivity contribution in [2.75, 3.05) is 0 Å². The Labute approximate surface area is 199 Å². The first-order chi connectivity index (χ1) is 15.3. The molecule has 2 saturated carbocycles. The number of sulfonamides is 1. The minimum Gasteiger partial charge on any atom is -0.381 e. The first-order valence-corrected chi connectivity index (χ1v) is 16.6. The van der Waals surface area contributed by atoms with E-state index in [4.69, 9.17) is 0 Å². The molecule has 6 nitrogen and oxygen atoms in total. The van der Waals surface area contributed by atoms with Crippen LogP contribution < -0.4 is 0 Å². The summed E-state index contributed by atoms with van der Waals surface area (Å²) < 4.78 is 95.1. The average molecular weight is 552 g/mol. The molecule has 192 valence electrons. The lowest BCUT2D eigenvalue weighted by atomic mass is 9.86. The molecule has 0 aliphatic heterocycles. The monoisotopic (exact) mass is 551 g/mol. The molecule has 5 atom stereocenters. The zero-order valence-corrected chi connectivity index (χ0v) is 22.6. The van der Waals surface area contributed by atoms with E-state index in [-0.39, 0.29) is 35.6 Å². The van der Waals surface area contributed by atoms with Crippen molar-refractivity contribution < 1.29 is 34.2 Å². The van der Waals surface area contributed by atoms with Crippen LogP contribution in [0, 0.1) is 11.8 Å². The maximum absolute atomic E-state index is 13.5. The Kier molecular flexibility index (Phi) is 9.19. The van der Waals surface area contributed by atoms with Crippen LogP contribution in [0.15, 0.2) is 11.8 Å². The number of allylic oxidation sites excluding steroid dienone is 2. The predicted octanol–water partition coefficient (Wildman–Crippen LogP) is 5.88. The summed E-state index contributed by atoms with van der Waals surface area (Å²) in [6.07, 6.45) is 9.27. The molecule has 3 rings (SSSR count). The Bertz CT molecular complexity index is 904. The van der Waals surface area contributed by atoms with Gasteiger partial charge in [-0.3, -0.25) is 0 Å². The molecule has 0 spiro atoms. The molecule has 33 heavy (non-hydrogen) atoms. The molecule has 0 amide bonds. The van der Waals surface area contributed by atoms with Gasteiger partial charge in [0.2, 0.25) is 10.0 Å². The first kappa shape index (κ1) is 27.6. The summed E-state index contributed by atoms with van der Waals surface area (Å²) in [6, 6.07) is 0. The molecule has 0 radical (unpaired) electrons. The molecular formula is C20H34F3NO5P2S2. The highest BCUT2D eigenvalue weighted by atomic mass is 32.2.